The van der Waals surface area contributed by atoms with Crippen LogP contribution in [-0.2, 0) is 11.2 Å². The van der Waals surface area contributed by atoms with E-state index in [0.717, 1.165) is 10.0 Å². The van der Waals surface area contributed by atoms with Crippen LogP contribution in [-0.4, -0.2) is 12.5 Å². The molecule has 0 radical (unpaired) electrons. The molecule has 0 atom stereocenters. The van der Waals surface area contributed by atoms with Crippen molar-refractivity contribution in [2.75, 3.05) is 6.54 Å². The van der Waals surface area contributed by atoms with Crippen LogP contribution >= 0.6 is 27.5 Å². The Morgan fingerprint density at radius 3 is 2.93 bits per heavy atom. The molecule has 4 heteroatoms. The van der Waals surface area contributed by atoms with E-state index >= 15 is 0 Å². The molecule has 2 nitrogen and oxygen atoms in total. The highest BCUT2D eigenvalue weighted by molar-refractivity contribution is 9.10. The number of halogens is 2. The van der Waals surface area contributed by atoms with Crippen molar-refractivity contribution in [3.8, 4) is 0 Å². The lowest BCUT2D eigenvalue weighted by atomic mass is 10.1. The number of carbonyl (C=O) groups is 1. The summed E-state index contributed by atoms with van der Waals surface area (Å²) in [4.78, 5) is 11.3. The van der Waals surface area contributed by atoms with Gasteiger partial charge in [-0.15, -0.1) is 0 Å². The van der Waals surface area contributed by atoms with Crippen molar-refractivity contribution in [1.29, 1.82) is 0 Å². The summed E-state index contributed by atoms with van der Waals surface area (Å²) in [6.45, 7) is 2.54. The van der Waals surface area contributed by atoms with Crippen molar-refractivity contribution in [3.63, 3.8) is 0 Å². The van der Waals surface area contributed by atoms with Crippen LogP contribution in [0.1, 0.15) is 12.5 Å². The Morgan fingerprint density at radius 2 is 2.29 bits per heavy atom. The quantitative estimate of drug-likeness (QED) is 0.904. The SMILES string of the molecule is CCNC(=O)Cc1cccc(Cl)c1Br. The first-order valence-electron chi connectivity index (χ1n) is 4.34. The molecule has 1 aromatic rings. The second kappa shape index (κ2) is 5.37. The number of rotatable bonds is 3. The first-order valence-corrected chi connectivity index (χ1v) is 5.51. The molecule has 0 unspecified atom stereocenters. The lowest BCUT2D eigenvalue weighted by Crippen LogP contribution is -2.24. The zero-order valence-corrected chi connectivity index (χ0v) is 10.2. The minimum atomic E-state index is 0.00969. The van der Waals surface area contributed by atoms with Crippen LogP contribution < -0.4 is 5.32 Å². The van der Waals surface area contributed by atoms with E-state index in [2.05, 4.69) is 21.2 Å². The van der Waals surface area contributed by atoms with Gasteiger partial charge in [0.15, 0.2) is 0 Å². The lowest BCUT2D eigenvalue weighted by molar-refractivity contribution is -0.120. The van der Waals surface area contributed by atoms with E-state index in [1.807, 2.05) is 19.1 Å². The van der Waals surface area contributed by atoms with Crippen LogP contribution in [0.25, 0.3) is 0 Å². The number of hydrogen-bond acceptors (Lipinski definition) is 1. The number of amides is 1. The van der Waals surface area contributed by atoms with E-state index in [-0.39, 0.29) is 5.91 Å². The van der Waals surface area contributed by atoms with Gasteiger partial charge >= 0.3 is 0 Å². The molecule has 1 aromatic carbocycles. The van der Waals surface area contributed by atoms with Gasteiger partial charge in [-0.1, -0.05) is 23.7 Å². The molecule has 0 aromatic heterocycles. The summed E-state index contributed by atoms with van der Waals surface area (Å²) in [6, 6.07) is 5.50. The summed E-state index contributed by atoms with van der Waals surface area (Å²) in [5.74, 6) is 0.00969. The standard InChI is InChI=1S/C10H11BrClNO/c1-2-13-9(14)6-7-4-3-5-8(12)10(7)11/h3-5H,2,6H2,1H3,(H,13,14). The second-order valence-electron chi connectivity index (χ2n) is 2.84. The molecule has 76 valence electrons. The number of likely N-dealkylation sites (N-methyl/N-ethyl adjacent to an activating group) is 1. The molecule has 0 saturated heterocycles. The van der Waals surface area contributed by atoms with E-state index in [4.69, 9.17) is 11.6 Å². The van der Waals surface area contributed by atoms with Crippen LogP contribution in [0.2, 0.25) is 5.02 Å². The fourth-order valence-corrected chi connectivity index (χ4v) is 1.72. The fourth-order valence-electron chi connectivity index (χ4n) is 1.12. The highest BCUT2D eigenvalue weighted by Gasteiger charge is 2.07. The van der Waals surface area contributed by atoms with Gasteiger partial charge in [-0.05, 0) is 34.5 Å². The summed E-state index contributed by atoms with van der Waals surface area (Å²) in [6.07, 6.45) is 0.356. The molecule has 1 amide bonds. The highest BCUT2D eigenvalue weighted by Crippen LogP contribution is 2.26. The maximum Gasteiger partial charge on any atom is 0.224 e. The minimum absolute atomic E-state index is 0.00969. The third-order valence-corrected chi connectivity index (χ3v) is 3.24. The van der Waals surface area contributed by atoms with Gasteiger partial charge in [-0.3, -0.25) is 4.79 Å². The zero-order chi connectivity index (χ0) is 10.6. The summed E-state index contributed by atoms with van der Waals surface area (Å²) in [5, 5.41) is 3.37. The Bertz CT molecular complexity index is 341. The summed E-state index contributed by atoms with van der Waals surface area (Å²) in [5.41, 5.74) is 0.906. The average molecular weight is 277 g/mol. The molecule has 14 heavy (non-hydrogen) atoms. The Kier molecular flexibility index (Phi) is 4.42. The number of carbonyl (C=O) groups excluding carboxylic acids is 1. The van der Waals surface area contributed by atoms with Crippen LogP contribution in [0.15, 0.2) is 22.7 Å². The van der Waals surface area contributed by atoms with E-state index in [1.54, 1.807) is 6.07 Å². The molecule has 0 aliphatic carbocycles. The van der Waals surface area contributed by atoms with Crippen LogP contribution in [0, 0.1) is 0 Å². The Balaban J connectivity index is 2.76. The molecule has 0 fully saturated rings. The first kappa shape index (κ1) is 11.5. The largest absolute Gasteiger partial charge is 0.356 e. The molecular formula is C10H11BrClNO. The van der Waals surface area contributed by atoms with Crippen molar-refractivity contribution < 1.29 is 4.79 Å². The number of hydrogen-bond donors (Lipinski definition) is 1. The predicted octanol–water partition coefficient (Wildman–Crippen LogP) is 2.78. The van der Waals surface area contributed by atoms with Crippen molar-refractivity contribution in [3.05, 3.63) is 33.3 Å². The molecule has 0 aliphatic heterocycles. The number of nitrogens with one attached hydrogen (secondary N) is 1. The monoisotopic (exact) mass is 275 g/mol. The van der Waals surface area contributed by atoms with Gasteiger partial charge in [0.1, 0.15) is 0 Å². The lowest BCUT2D eigenvalue weighted by Gasteiger charge is -2.05. The van der Waals surface area contributed by atoms with Gasteiger partial charge in [-0.25, -0.2) is 0 Å². The molecular weight excluding hydrogens is 265 g/mol. The van der Waals surface area contributed by atoms with Gasteiger partial charge in [0.05, 0.1) is 11.4 Å². The van der Waals surface area contributed by atoms with Crippen molar-refractivity contribution in [2.45, 2.75) is 13.3 Å². The third kappa shape index (κ3) is 3.00. The molecule has 0 spiro atoms. The van der Waals surface area contributed by atoms with E-state index < -0.39 is 0 Å². The minimum Gasteiger partial charge on any atom is -0.356 e. The average Bonchev–Trinajstić information content (AvgIpc) is 2.13. The molecule has 0 saturated carbocycles. The Labute approximate surface area is 96.8 Å². The maximum atomic E-state index is 11.3. The van der Waals surface area contributed by atoms with Crippen molar-refractivity contribution >= 4 is 33.4 Å². The Hall–Kier alpha value is -0.540. The maximum absolute atomic E-state index is 11.3. The normalized spacial score (nSPS) is 9.93. The fraction of sp³-hybridized carbons (Fsp3) is 0.300. The summed E-state index contributed by atoms with van der Waals surface area (Å²) >= 11 is 9.24. The van der Waals surface area contributed by atoms with Gasteiger partial charge in [0.2, 0.25) is 5.91 Å². The number of benzene rings is 1. The first-order chi connectivity index (χ1) is 6.65. The van der Waals surface area contributed by atoms with Crippen LogP contribution in [0.3, 0.4) is 0 Å². The van der Waals surface area contributed by atoms with Crippen LogP contribution in [0.4, 0.5) is 0 Å². The topological polar surface area (TPSA) is 29.1 Å². The van der Waals surface area contributed by atoms with E-state index in [0.29, 0.717) is 18.0 Å². The smallest absolute Gasteiger partial charge is 0.224 e. The molecule has 0 bridgehead atoms. The van der Waals surface area contributed by atoms with Gasteiger partial charge in [-0.2, -0.15) is 0 Å². The van der Waals surface area contributed by atoms with Crippen LogP contribution in [0.5, 0.6) is 0 Å². The Morgan fingerprint density at radius 1 is 1.57 bits per heavy atom. The second-order valence-corrected chi connectivity index (χ2v) is 4.04. The summed E-state index contributed by atoms with van der Waals surface area (Å²) in [7, 11) is 0. The molecule has 1 rings (SSSR count). The third-order valence-electron chi connectivity index (χ3n) is 1.76. The van der Waals surface area contributed by atoms with Gasteiger partial charge < -0.3 is 5.32 Å². The molecule has 0 aliphatic rings. The predicted molar refractivity (Wildman–Crippen MR) is 61.5 cm³/mol. The summed E-state index contributed by atoms with van der Waals surface area (Å²) < 4.78 is 0.799. The van der Waals surface area contributed by atoms with Gasteiger partial charge in [0, 0.05) is 11.0 Å². The molecule has 1 N–H and O–H groups in total. The zero-order valence-electron chi connectivity index (χ0n) is 7.81. The van der Waals surface area contributed by atoms with Gasteiger partial charge in [0.25, 0.3) is 0 Å². The van der Waals surface area contributed by atoms with Crippen molar-refractivity contribution in [2.24, 2.45) is 0 Å². The highest BCUT2D eigenvalue weighted by atomic mass is 79.9. The molecule has 0 heterocycles. The van der Waals surface area contributed by atoms with Crippen molar-refractivity contribution in [1.82, 2.24) is 5.32 Å². The van der Waals surface area contributed by atoms with E-state index in [9.17, 15) is 4.79 Å². The van der Waals surface area contributed by atoms with E-state index in [1.165, 1.54) is 0 Å².